The molecule has 4 rings (SSSR count). The van der Waals surface area contributed by atoms with E-state index in [-0.39, 0.29) is 59.8 Å². The predicted molar refractivity (Wildman–Crippen MR) is 236 cm³/mol. The fourth-order valence-corrected chi connectivity index (χ4v) is 10.1. The van der Waals surface area contributed by atoms with Gasteiger partial charge in [0.1, 0.15) is 18.2 Å². The minimum atomic E-state index is -4.31. The lowest BCUT2D eigenvalue weighted by Gasteiger charge is -2.43. The van der Waals surface area contributed by atoms with E-state index in [1.54, 1.807) is 6.92 Å². The van der Waals surface area contributed by atoms with E-state index in [4.69, 9.17) is 29.2 Å². The summed E-state index contributed by atoms with van der Waals surface area (Å²) in [6.45, 7) is 25.4. The number of hydrogen-bond donors (Lipinski definition) is 4. The van der Waals surface area contributed by atoms with Gasteiger partial charge in [-0.3, -0.25) is 23.5 Å². The van der Waals surface area contributed by atoms with Crippen LogP contribution in [0.5, 0.6) is 0 Å². The van der Waals surface area contributed by atoms with Crippen molar-refractivity contribution in [2.24, 2.45) is 17.4 Å². The minimum Gasteiger partial charge on any atom is -0.414 e. The highest BCUT2D eigenvalue weighted by Gasteiger charge is 2.67. The largest absolute Gasteiger partial charge is 0.414 e. The maximum Gasteiger partial charge on any atom is 0.333 e. The summed E-state index contributed by atoms with van der Waals surface area (Å²) < 4.78 is 55.0. The lowest BCUT2D eigenvalue weighted by Crippen LogP contribution is -2.59. The third-order valence-corrected chi connectivity index (χ3v) is 22.5. The van der Waals surface area contributed by atoms with Crippen molar-refractivity contribution in [3.63, 3.8) is 0 Å². The Morgan fingerprint density at radius 3 is 2.12 bits per heavy atom. The van der Waals surface area contributed by atoms with Crippen molar-refractivity contribution in [1.29, 1.82) is 0 Å². The zero-order valence-corrected chi connectivity index (χ0v) is 40.4. The first-order chi connectivity index (χ1) is 27.5. The third kappa shape index (κ3) is 10.6. The summed E-state index contributed by atoms with van der Waals surface area (Å²) >= 11 is 0. The maximum absolute atomic E-state index is 14.5. The second-order valence-corrected chi connectivity index (χ2v) is 30.4. The number of amides is 2. The van der Waals surface area contributed by atoms with Gasteiger partial charge in [0.2, 0.25) is 11.8 Å². The summed E-state index contributed by atoms with van der Waals surface area (Å²) in [6, 6.07) is 7.51. The molecule has 0 radical (unpaired) electrons. The van der Waals surface area contributed by atoms with Crippen molar-refractivity contribution in [3.05, 3.63) is 79.6 Å². The number of nitrogens with two attached hydrogens (primary N) is 2. The summed E-state index contributed by atoms with van der Waals surface area (Å²) in [5, 5.41) is 5.90. The van der Waals surface area contributed by atoms with Gasteiger partial charge in [0, 0.05) is 31.3 Å². The normalized spacial score (nSPS) is 23.1. The zero-order valence-electron chi connectivity index (χ0n) is 37.6. The highest BCUT2D eigenvalue weighted by atomic mass is 32.2. The Kier molecular flexibility index (Phi) is 14.9. The van der Waals surface area contributed by atoms with Crippen LogP contribution >= 0.6 is 0 Å². The Labute approximate surface area is 357 Å². The van der Waals surface area contributed by atoms with E-state index in [1.165, 1.54) is 10.8 Å². The first kappa shape index (κ1) is 49.2. The Bertz CT molecular complexity index is 2140. The fraction of sp³-hybridized carbons (Fsp3) is 0.659. The minimum absolute atomic E-state index is 0.0656. The van der Waals surface area contributed by atoms with Gasteiger partial charge in [-0.25, -0.2) is 8.98 Å². The molecule has 6 atom stereocenters. The molecule has 0 saturated carbocycles. The fourth-order valence-electron chi connectivity index (χ4n) is 6.55. The number of aryl methyl sites for hydroxylation is 1. The number of nitrogens with one attached hydrogen (secondary N) is 2. The lowest BCUT2D eigenvalue weighted by molar-refractivity contribution is -0.130. The van der Waals surface area contributed by atoms with E-state index in [0.29, 0.717) is 0 Å². The van der Waals surface area contributed by atoms with Gasteiger partial charge in [0.05, 0.1) is 23.8 Å². The van der Waals surface area contributed by atoms with Crippen LogP contribution < -0.4 is 33.3 Å². The quantitative estimate of drug-likeness (QED) is 0.108. The zero-order chi connectivity index (χ0) is 45.4. The second kappa shape index (κ2) is 18.1. The van der Waals surface area contributed by atoms with E-state index in [0.717, 1.165) is 15.5 Å². The molecule has 1 aromatic carbocycles. The second-order valence-electron chi connectivity index (χ2n) is 19.5. The molecule has 0 bridgehead atoms. The summed E-state index contributed by atoms with van der Waals surface area (Å²) in [7, 11) is -9.57. The highest BCUT2D eigenvalue weighted by molar-refractivity contribution is 7.90. The van der Waals surface area contributed by atoms with E-state index >= 15 is 0 Å². The topological polar surface area (TPSA) is 225 Å². The summed E-state index contributed by atoms with van der Waals surface area (Å²) in [5.74, 6) is -1.05. The van der Waals surface area contributed by atoms with Crippen molar-refractivity contribution in [2.45, 2.75) is 154 Å². The molecule has 2 aliphatic rings. The number of ether oxygens (including phenoxy) is 1. The van der Waals surface area contributed by atoms with Crippen LogP contribution in [-0.4, -0.2) is 89.0 Å². The average molecular weight is 893 g/mol. The van der Waals surface area contributed by atoms with Crippen molar-refractivity contribution in [1.82, 2.24) is 19.8 Å². The number of carbonyl (C=O) groups is 2. The number of rotatable bonds is 16. The van der Waals surface area contributed by atoms with Crippen LogP contribution in [0.25, 0.3) is 0 Å². The smallest absolute Gasteiger partial charge is 0.333 e. The number of benzene rings is 1. The van der Waals surface area contributed by atoms with Crippen LogP contribution in [0.2, 0.25) is 36.3 Å². The van der Waals surface area contributed by atoms with Crippen LogP contribution in [0.3, 0.4) is 0 Å². The first-order valence-electron chi connectivity index (χ1n) is 20.6. The molecule has 0 aliphatic carbocycles. The standard InChI is InChI=1S/C41H68N6O10SSi2/c1-26(2)32(43)35(49)45-29(22-28-18-15-14-16-19-28)34(48)44-20-17-21-46-36(50)27(3)23-47(38(46)51)37-33(56-60(12,13)40(7,8)9)41(30(42)25-58(52,53)57-41)31(55-37)24-54-59(10,11)39(4,5)6/h14-16,18-19,23,25-26,29,31-33,37H,17,20-22,24,42-43H2,1-13H3,(H,44,48)(H,45,49)/t29-,31+,32-,33-,37+,41+/m0/s1. The molecule has 336 valence electrons. The van der Waals surface area contributed by atoms with Gasteiger partial charge in [-0.05, 0) is 61.1 Å². The SMILES string of the molecule is Cc1cn([C@@H]2O[C@H](CO[Si](C)(C)C(C)(C)C)[C@@]3(OS(=O)(=O)C=C3N)[C@H]2O[Si](C)(C)C(C)(C)C)c(=O)n(CCCNC(=O)[C@H](Cc2ccccc2)NC(=O)[C@@H](N)C(C)C)c1=O. The lowest BCUT2D eigenvalue weighted by atomic mass is 9.89. The summed E-state index contributed by atoms with van der Waals surface area (Å²) in [4.78, 5) is 54.6. The van der Waals surface area contributed by atoms with Gasteiger partial charge in [0.25, 0.3) is 15.7 Å². The maximum atomic E-state index is 14.5. The average Bonchev–Trinajstić information content (AvgIpc) is 3.56. The van der Waals surface area contributed by atoms with Crippen LogP contribution in [0, 0.1) is 12.8 Å². The van der Waals surface area contributed by atoms with Crippen molar-refractivity contribution >= 4 is 38.6 Å². The summed E-state index contributed by atoms with van der Waals surface area (Å²) in [5.41, 5.74) is 10.4. The van der Waals surface area contributed by atoms with Crippen LogP contribution in [0.1, 0.15) is 79.2 Å². The molecular weight excluding hydrogens is 825 g/mol. The van der Waals surface area contributed by atoms with Gasteiger partial charge in [-0.15, -0.1) is 0 Å². The Morgan fingerprint density at radius 2 is 1.58 bits per heavy atom. The van der Waals surface area contributed by atoms with Gasteiger partial charge < -0.3 is 35.7 Å². The Balaban J connectivity index is 1.69. The molecule has 16 nitrogen and oxygen atoms in total. The molecule has 6 N–H and O–H groups in total. The van der Waals surface area contributed by atoms with Gasteiger partial charge in [0.15, 0.2) is 28.5 Å². The number of carbonyl (C=O) groups excluding carboxylic acids is 2. The Hall–Kier alpha value is -3.44. The number of aromatic nitrogens is 2. The molecule has 0 unspecified atom stereocenters. The number of nitrogens with zero attached hydrogens (tertiary/aromatic N) is 2. The van der Waals surface area contributed by atoms with Gasteiger partial charge >= 0.3 is 5.69 Å². The molecule has 19 heteroatoms. The van der Waals surface area contributed by atoms with Crippen LogP contribution in [0.15, 0.2) is 57.2 Å². The summed E-state index contributed by atoms with van der Waals surface area (Å²) in [6.07, 6.45) is -1.93. The molecule has 3 heterocycles. The number of hydrogen-bond acceptors (Lipinski definition) is 12. The highest BCUT2D eigenvalue weighted by Crippen LogP contribution is 2.52. The van der Waals surface area contributed by atoms with Crippen molar-refractivity contribution < 1.29 is 35.8 Å². The molecule has 2 aliphatic heterocycles. The third-order valence-electron chi connectivity index (χ3n) is 12.5. The van der Waals surface area contributed by atoms with Crippen LogP contribution in [-0.2, 0) is 50.4 Å². The van der Waals surface area contributed by atoms with Gasteiger partial charge in [-0.1, -0.05) is 85.7 Å². The van der Waals surface area contributed by atoms with Crippen LogP contribution in [0.4, 0.5) is 0 Å². The molecule has 1 spiro atoms. The van der Waals surface area contributed by atoms with Gasteiger partial charge in [-0.2, -0.15) is 8.42 Å². The molecule has 1 fully saturated rings. The van der Waals surface area contributed by atoms with Crippen molar-refractivity contribution in [3.8, 4) is 0 Å². The molecule has 2 amide bonds. The Morgan fingerprint density at radius 1 is 0.983 bits per heavy atom. The molecular formula is C41H68N6O10SSi2. The predicted octanol–water partition coefficient (Wildman–Crippen LogP) is 3.74. The monoisotopic (exact) mass is 892 g/mol. The van der Waals surface area contributed by atoms with E-state index in [2.05, 4.69) is 44.5 Å². The molecule has 1 aromatic heterocycles. The van der Waals surface area contributed by atoms with E-state index in [1.807, 2.05) is 78.0 Å². The van der Waals surface area contributed by atoms with E-state index < -0.39 is 85.9 Å². The molecule has 60 heavy (non-hydrogen) atoms. The van der Waals surface area contributed by atoms with Crippen molar-refractivity contribution in [2.75, 3.05) is 13.2 Å². The molecule has 2 aromatic rings. The molecule has 1 saturated heterocycles. The van der Waals surface area contributed by atoms with E-state index in [9.17, 15) is 27.6 Å². The first-order valence-corrected chi connectivity index (χ1v) is 27.9.